The number of benzene rings is 1. The molecule has 18 heavy (non-hydrogen) atoms. The molecule has 4 heteroatoms. The van der Waals surface area contributed by atoms with Crippen LogP contribution in [0.2, 0.25) is 0 Å². The second-order valence-electron chi connectivity index (χ2n) is 3.94. The van der Waals surface area contributed by atoms with Crippen LogP contribution in [-0.4, -0.2) is 24.8 Å². The van der Waals surface area contributed by atoms with Gasteiger partial charge in [0.25, 0.3) is 0 Å². The summed E-state index contributed by atoms with van der Waals surface area (Å²) in [4.78, 5) is 22.3. The van der Waals surface area contributed by atoms with Crippen molar-refractivity contribution in [2.45, 2.75) is 13.3 Å². The number of carbonyl (C=O) groups is 2. The van der Waals surface area contributed by atoms with E-state index in [2.05, 4.69) is 17.2 Å². The van der Waals surface area contributed by atoms with Gasteiger partial charge in [-0.05, 0) is 18.2 Å². The molecular formula is C14H13NO3. The van der Waals surface area contributed by atoms with Crippen LogP contribution < -0.4 is 10.1 Å². The zero-order valence-corrected chi connectivity index (χ0v) is 10.1. The molecule has 4 nitrogen and oxygen atoms in total. The molecule has 1 aromatic carbocycles. The minimum Gasteiger partial charge on any atom is -0.492 e. The summed E-state index contributed by atoms with van der Waals surface area (Å²) in [5.41, 5.74) is 1.34. The highest BCUT2D eigenvalue weighted by atomic mass is 16.5. The lowest BCUT2D eigenvalue weighted by Crippen LogP contribution is -2.19. The molecule has 2 rings (SSSR count). The maximum atomic E-state index is 11.7. The molecule has 0 aliphatic carbocycles. The van der Waals surface area contributed by atoms with Gasteiger partial charge >= 0.3 is 0 Å². The van der Waals surface area contributed by atoms with Crippen molar-refractivity contribution in [1.29, 1.82) is 0 Å². The zero-order valence-electron chi connectivity index (χ0n) is 10.1. The van der Waals surface area contributed by atoms with Crippen LogP contribution in [0.25, 0.3) is 0 Å². The Bertz CT molecular complexity index is 552. The first-order valence-corrected chi connectivity index (χ1v) is 5.70. The van der Waals surface area contributed by atoms with Crippen LogP contribution in [0.5, 0.6) is 5.75 Å². The van der Waals surface area contributed by atoms with E-state index in [-0.39, 0.29) is 11.7 Å². The van der Waals surface area contributed by atoms with E-state index in [4.69, 9.17) is 4.74 Å². The minimum atomic E-state index is -0.113. The molecule has 1 aromatic rings. The highest BCUT2D eigenvalue weighted by Crippen LogP contribution is 2.25. The van der Waals surface area contributed by atoms with E-state index >= 15 is 0 Å². The summed E-state index contributed by atoms with van der Waals surface area (Å²) >= 11 is 0. The number of hydrogen-bond donors (Lipinski definition) is 1. The molecule has 0 spiro atoms. The second kappa shape index (κ2) is 5.37. The van der Waals surface area contributed by atoms with Crippen molar-refractivity contribution in [1.82, 2.24) is 5.32 Å². The molecule has 1 N–H and O–H groups in total. The van der Waals surface area contributed by atoms with Crippen LogP contribution in [0, 0.1) is 11.8 Å². The summed E-state index contributed by atoms with van der Waals surface area (Å²) in [6, 6.07) is 5.30. The first-order valence-electron chi connectivity index (χ1n) is 5.70. The smallest absolute Gasteiger partial charge is 0.217 e. The van der Waals surface area contributed by atoms with Crippen LogP contribution >= 0.6 is 0 Å². The van der Waals surface area contributed by atoms with E-state index in [1.54, 1.807) is 18.2 Å². The highest BCUT2D eigenvalue weighted by Gasteiger charge is 2.17. The molecule has 0 atom stereocenters. The van der Waals surface area contributed by atoms with Crippen molar-refractivity contribution >= 4 is 11.7 Å². The molecule has 0 unspecified atom stereocenters. The van der Waals surface area contributed by atoms with E-state index in [9.17, 15) is 9.59 Å². The van der Waals surface area contributed by atoms with E-state index in [1.807, 2.05) is 0 Å². The fraction of sp³-hybridized carbons (Fsp3) is 0.286. The fourth-order valence-corrected chi connectivity index (χ4v) is 1.65. The third-order valence-corrected chi connectivity index (χ3v) is 2.53. The van der Waals surface area contributed by atoms with Gasteiger partial charge in [0.05, 0.1) is 18.7 Å². The van der Waals surface area contributed by atoms with E-state index in [0.717, 1.165) is 5.56 Å². The number of carbonyl (C=O) groups excluding carboxylic acids is 2. The Labute approximate surface area is 105 Å². The molecule has 0 saturated heterocycles. The van der Waals surface area contributed by atoms with Gasteiger partial charge in [0.15, 0.2) is 5.78 Å². The molecule has 1 heterocycles. The number of ketones is 1. The first kappa shape index (κ1) is 12.2. The summed E-state index contributed by atoms with van der Waals surface area (Å²) in [7, 11) is 0. The first-order chi connectivity index (χ1) is 8.66. The molecule has 0 radical (unpaired) electrons. The minimum absolute atomic E-state index is 0.0850. The van der Waals surface area contributed by atoms with Crippen LogP contribution in [0.3, 0.4) is 0 Å². The lowest BCUT2D eigenvalue weighted by Gasteiger charge is -2.15. The quantitative estimate of drug-likeness (QED) is 0.752. The van der Waals surface area contributed by atoms with Crippen molar-refractivity contribution < 1.29 is 14.3 Å². The van der Waals surface area contributed by atoms with Crippen molar-refractivity contribution in [3.63, 3.8) is 0 Å². The summed E-state index contributed by atoms with van der Waals surface area (Å²) < 4.78 is 5.38. The SMILES string of the molecule is CC(=O)NCC#Cc1ccc2c(c1)C(=O)CCO2. The topological polar surface area (TPSA) is 55.4 Å². The van der Waals surface area contributed by atoms with E-state index in [0.29, 0.717) is 30.9 Å². The van der Waals surface area contributed by atoms with Crippen molar-refractivity contribution in [3.05, 3.63) is 29.3 Å². The molecule has 92 valence electrons. The zero-order chi connectivity index (χ0) is 13.0. The Hall–Kier alpha value is -2.28. The van der Waals surface area contributed by atoms with E-state index in [1.165, 1.54) is 6.92 Å². The molecular weight excluding hydrogens is 230 g/mol. The largest absolute Gasteiger partial charge is 0.492 e. The molecule has 0 bridgehead atoms. The Morgan fingerprint density at radius 2 is 2.33 bits per heavy atom. The number of amides is 1. The third-order valence-electron chi connectivity index (χ3n) is 2.53. The van der Waals surface area contributed by atoms with Gasteiger partial charge < -0.3 is 10.1 Å². The lowest BCUT2D eigenvalue weighted by atomic mass is 10.0. The van der Waals surface area contributed by atoms with Crippen LogP contribution in [0.1, 0.15) is 29.3 Å². The van der Waals surface area contributed by atoms with Gasteiger partial charge in [-0.3, -0.25) is 9.59 Å². The normalized spacial score (nSPS) is 12.8. The molecule has 0 saturated carbocycles. The number of hydrogen-bond acceptors (Lipinski definition) is 3. The van der Waals surface area contributed by atoms with Gasteiger partial charge in [0.2, 0.25) is 5.91 Å². The molecule has 0 aromatic heterocycles. The van der Waals surface area contributed by atoms with E-state index < -0.39 is 0 Å². The van der Waals surface area contributed by atoms with Gasteiger partial charge in [-0.15, -0.1) is 0 Å². The summed E-state index contributed by atoms with van der Waals surface area (Å²) in [5, 5.41) is 2.58. The summed E-state index contributed by atoms with van der Waals surface area (Å²) in [6.07, 6.45) is 0.412. The summed E-state index contributed by atoms with van der Waals surface area (Å²) in [6.45, 7) is 2.19. The van der Waals surface area contributed by atoms with Gasteiger partial charge in [-0.1, -0.05) is 11.8 Å². The maximum Gasteiger partial charge on any atom is 0.217 e. The number of fused-ring (bicyclic) bond motifs is 1. The third kappa shape index (κ3) is 2.89. The standard InChI is InChI=1S/C14H13NO3/c1-10(16)15-7-2-3-11-4-5-14-12(9-11)13(17)6-8-18-14/h4-5,9H,6-8H2,1H3,(H,15,16). The Kier molecular flexibility index (Phi) is 3.63. The number of rotatable bonds is 1. The molecule has 1 amide bonds. The van der Waals surface area contributed by atoms with Gasteiger partial charge in [0, 0.05) is 18.9 Å². The number of nitrogens with one attached hydrogen (secondary N) is 1. The Balaban J connectivity index is 2.13. The summed E-state index contributed by atoms with van der Waals surface area (Å²) in [5.74, 6) is 6.31. The van der Waals surface area contributed by atoms with Crippen LogP contribution in [0.4, 0.5) is 0 Å². The number of ether oxygens (including phenoxy) is 1. The van der Waals surface area contributed by atoms with Crippen molar-refractivity contribution in [3.8, 4) is 17.6 Å². The molecule has 1 aliphatic rings. The van der Waals surface area contributed by atoms with Crippen molar-refractivity contribution in [2.24, 2.45) is 0 Å². The highest BCUT2D eigenvalue weighted by molar-refractivity contribution is 5.99. The van der Waals surface area contributed by atoms with Gasteiger partial charge in [-0.25, -0.2) is 0 Å². The Morgan fingerprint density at radius 1 is 1.50 bits per heavy atom. The van der Waals surface area contributed by atoms with Gasteiger partial charge in [0.1, 0.15) is 5.75 Å². The number of Topliss-reactive ketones (excluding diaryl/α,β-unsaturated/α-hetero) is 1. The monoisotopic (exact) mass is 243 g/mol. The molecule has 1 aliphatic heterocycles. The average molecular weight is 243 g/mol. The Morgan fingerprint density at radius 3 is 3.11 bits per heavy atom. The van der Waals surface area contributed by atoms with Crippen molar-refractivity contribution in [2.75, 3.05) is 13.2 Å². The maximum absolute atomic E-state index is 11.7. The predicted molar refractivity (Wildman–Crippen MR) is 66.4 cm³/mol. The second-order valence-corrected chi connectivity index (χ2v) is 3.94. The average Bonchev–Trinajstić information content (AvgIpc) is 2.35. The van der Waals surface area contributed by atoms with Crippen LogP contribution in [0.15, 0.2) is 18.2 Å². The lowest BCUT2D eigenvalue weighted by molar-refractivity contribution is -0.118. The fourth-order valence-electron chi connectivity index (χ4n) is 1.65. The molecule has 0 fully saturated rings. The van der Waals surface area contributed by atoms with Crippen LogP contribution in [-0.2, 0) is 4.79 Å². The predicted octanol–water partition coefficient (Wildman–Crippen LogP) is 1.14. The van der Waals surface area contributed by atoms with Gasteiger partial charge in [-0.2, -0.15) is 0 Å².